The summed E-state index contributed by atoms with van der Waals surface area (Å²) in [5.74, 6) is 2.47. The van der Waals surface area contributed by atoms with E-state index in [9.17, 15) is 0 Å². The zero-order valence-electron chi connectivity index (χ0n) is 11.2. The molecule has 0 aliphatic carbocycles. The summed E-state index contributed by atoms with van der Waals surface area (Å²) in [6, 6.07) is 8.38. The number of hydrogen-bond acceptors (Lipinski definition) is 3. The first-order chi connectivity index (χ1) is 9.78. The normalized spacial score (nSPS) is 18.1. The third-order valence-electron chi connectivity index (χ3n) is 3.50. The van der Waals surface area contributed by atoms with Crippen LogP contribution in [0, 0.1) is 0 Å². The Labute approximate surface area is 133 Å². The molecule has 0 atom stereocenters. The minimum absolute atomic E-state index is 0.160. The molecule has 0 saturated carbocycles. The van der Waals surface area contributed by atoms with Crippen LogP contribution in [0.25, 0.3) is 0 Å². The first kappa shape index (κ1) is 14.4. The number of aryl methyl sites for hydroxylation is 1. The Hall–Kier alpha value is -0.580. The maximum Gasteiger partial charge on any atom is 0.0945 e. The molecule has 1 aromatic carbocycles. The number of nitrogens with zero attached hydrogens (tertiary/aromatic N) is 2. The van der Waals surface area contributed by atoms with Crippen LogP contribution in [0.1, 0.15) is 18.4 Å². The lowest BCUT2D eigenvalue weighted by molar-refractivity contribution is 0.610. The van der Waals surface area contributed by atoms with Gasteiger partial charge in [-0.15, -0.1) is 23.5 Å². The van der Waals surface area contributed by atoms with Crippen molar-refractivity contribution in [3.05, 3.63) is 53.6 Å². The highest BCUT2D eigenvalue weighted by molar-refractivity contribution is 8.18. The van der Waals surface area contributed by atoms with E-state index in [0.29, 0.717) is 0 Å². The van der Waals surface area contributed by atoms with E-state index >= 15 is 0 Å². The fraction of sp³-hybridized carbons (Fsp3) is 0.400. The number of halogens is 1. The summed E-state index contributed by atoms with van der Waals surface area (Å²) in [4.78, 5) is 4.12. The number of hydrogen-bond donors (Lipinski definition) is 0. The molecule has 1 aliphatic heterocycles. The van der Waals surface area contributed by atoms with Crippen LogP contribution in [0.15, 0.2) is 43.0 Å². The highest BCUT2D eigenvalue weighted by Crippen LogP contribution is 2.53. The van der Waals surface area contributed by atoms with Gasteiger partial charge < -0.3 is 4.57 Å². The topological polar surface area (TPSA) is 17.8 Å². The zero-order valence-corrected chi connectivity index (χ0v) is 13.6. The van der Waals surface area contributed by atoms with Gasteiger partial charge in [0.15, 0.2) is 0 Å². The molecule has 1 aliphatic rings. The summed E-state index contributed by atoms with van der Waals surface area (Å²) in [6.07, 6.45) is 8.19. The highest BCUT2D eigenvalue weighted by Gasteiger charge is 2.35. The van der Waals surface area contributed by atoms with Crippen molar-refractivity contribution in [2.24, 2.45) is 0 Å². The van der Waals surface area contributed by atoms with E-state index in [1.54, 1.807) is 0 Å². The number of thioether (sulfide) groups is 2. The number of rotatable bonds is 4. The van der Waals surface area contributed by atoms with Gasteiger partial charge in [0.2, 0.25) is 0 Å². The Bertz CT molecular complexity index is 534. The van der Waals surface area contributed by atoms with Crippen molar-refractivity contribution in [2.75, 3.05) is 11.5 Å². The van der Waals surface area contributed by atoms with Crippen molar-refractivity contribution in [3.8, 4) is 0 Å². The number of aromatic nitrogens is 2. The Morgan fingerprint density at radius 1 is 1.20 bits per heavy atom. The third kappa shape index (κ3) is 3.18. The lowest BCUT2D eigenvalue weighted by Gasteiger charge is -2.36. The first-order valence-corrected chi connectivity index (χ1v) is 9.13. The largest absolute Gasteiger partial charge is 0.337 e. The average Bonchev–Trinajstić information content (AvgIpc) is 3.00. The smallest absolute Gasteiger partial charge is 0.0945 e. The van der Waals surface area contributed by atoms with Gasteiger partial charge in [0.05, 0.1) is 10.4 Å². The maximum absolute atomic E-state index is 6.03. The van der Waals surface area contributed by atoms with Gasteiger partial charge in [-0.25, -0.2) is 4.98 Å². The zero-order chi connectivity index (χ0) is 13.8. The van der Waals surface area contributed by atoms with E-state index in [0.717, 1.165) is 18.0 Å². The quantitative estimate of drug-likeness (QED) is 0.815. The summed E-state index contributed by atoms with van der Waals surface area (Å²) >= 11 is 10.2. The molecule has 1 aromatic heterocycles. The van der Waals surface area contributed by atoms with Crippen molar-refractivity contribution in [2.45, 2.75) is 23.5 Å². The monoisotopic (exact) mass is 324 g/mol. The summed E-state index contributed by atoms with van der Waals surface area (Å²) in [5.41, 5.74) is 1.39. The lowest BCUT2D eigenvalue weighted by Crippen LogP contribution is -2.24. The van der Waals surface area contributed by atoms with Crippen LogP contribution in [-0.4, -0.2) is 21.1 Å². The molecular formula is C15H17ClN2S2. The standard InChI is InChI=1S/C15H17ClN2S2/c16-14-4-2-13(3-5-14)15(19-10-1-11-20-15)6-8-18-9-7-17-12-18/h2-5,7,9,12H,1,6,8,10-11H2. The fourth-order valence-electron chi connectivity index (χ4n) is 2.43. The van der Waals surface area contributed by atoms with Crippen molar-refractivity contribution < 1.29 is 0 Å². The molecule has 0 amide bonds. The van der Waals surface area contributed by atoms with Crippen LogP contribution in [0.2, 0.25) is 5.02 Å². The molecule has 0 spiro atoms. The Kier molecular flexibility index (Phi) is 4.64. The second-order valence-electron chi connectivity index (χ2n) is 4.86. The Morgan fingerprint density at radius 2 is 1.95 bits per heavy atom. The summed E-state index contributed by atoms with van der Waals surface area (Å²) in [5, 5.41) is 0.810. The highest BCUT2D eigenvalue weighted by atomic mass is 35.5. The van der Waals surface area contributed by atoms with E-state index in [1.807, 2.05) is 30.9 Å². The van der Waals surface area contributed by atoms with E-state index in [2.05, 4.69) is 45.2 Å². The average molecular weight is 325 g/mol. The van der Waals surface area contributed by atoms with Gasteiger partial charge >= 0.3 is 0 Å². The van der Waals surface area contributed by atoms with Crippen molar-refractivity contribution in [1.29, 1.82) is 0 Å². The molecule has 0 radical (unpaired) electrons. The molecule has 1 saturated heterocycles. The van der Waals surface area contributed by atoms with Crippen LogP contribution >= 0.6 is 35.1 Å². The molecule has 2 aromatic rings. The molecule has 2 nitrogen and oxygen atoms in total. The van der Waals surface area contributed by atoms with Crippen molar-refractivity contribution in [1.82, 2.24) is 9.55 Å². The van der Waals surface area contributed by atoms with Crippen LogP contribution in [-0.2, 0) is 10.6 Å². The van der Waals surface area contributed by atoms with Gasteiger partial charge in [-0.3, -0.25) is 0 Å². The van der Waals surface area contributed by atoms with E-state index in [-0.39, 0.29) is 4.08 Å². The Morgan fingerprint density at radius 3 is 2.60 bits per heavy atom. The van der Waals surface area contributed by atoms with E-state index < -0.39 is 0 Å². The molecule has 0 N–H and O–H groups in total. The molecule has 20 heavy (non-hydrogen) atoms. The molecule has 5 heteroatoms. The molecule has 2 heterocycles. The molecule has 0 unspecified atom stereocenters. The van der Waals surface area contributed by atoms with E-state index in [1.165, 1.54) is 23.5 Å². The van der Waals surface area contributed by atoms with Crippen molar-refractivity contribution in [3.63, 3.8) is 0 Å². The molecule has 0 bridgehead atoms. The SMILES string of the molecule is Clc1ccc(C2(CCn3ccnc3)SCCCS2)cc1. The fourth-order valence-corrected chi connectivity index (χ4v) is 5.88. The molecular weight excluding hydrogens is 308 g/mol. The second kappa shape index (κ2) is 6.46. The van der Waals surface area contributed by atoms with Gasteiger partial charge in [-0.2, -0.15) is 0 Å². The minimum atomic E-state index is 0.160. The molecule has 106 valence electrons. The van der Waals surface area contributed by atoms with Gasteiger partial charge in [-0.05, 0) is 42.0 Å². The summed E-state index contributed by atoms with van der Waals surface area (Å²) in [7, 11) is 0. The van der Waals surface area contributed by atoms with E-state index in [4.69, 9.17) is 11.6 Å². The lowest BCUT2D eigenvalue weighted by atomic mass is 10.1. The second-order valence-corrected chi connectivity index (χ2v) is 8.34. The molecule has 3 rings (SSSR count). The van der Waals surface area contributed by atoms with Crippen LogP contribution in [0.5, 0.6) is 0 Å². The molecule has 1 fully saturated rings. The van der Waals surface area contributed by atoms with Crippen LogP contribution < -0.4 is 0 Å². The van der Waals surface area contributed by atoms with Gasteiger partial charge in [0.25, 0.3) is 0 Å². The van der Waals surface area contributed by atoms with Crippen LogP contribution in [0.4, 0.5) is 0 Å². The van der Waals surface area contributed by atoms with Gasteiger partial charge in [-0.1, -0.05) is 23.7 Å². The maximum atomic E-state index is 6.03. The number of imidazole rings is 1. The predicted octanol–water partition coefficient (Wildman–Crippen LogP) is 4.65. The van der Waals surface area contributed by atoms with Crippen molar-refractivity contribution >= 4 is 35.1 Å². The number of benzene rings is 1. The summed E-state index contributed by atoms with van der Waals surface area (Å²) in [6.45, 7) is 1.00. The van der Waals surface area contributed by atoms with Gasteiger partial charge in [0.1, 0.15) is 0 Å². The van der Waals surface area contributed by atoms with Gasteiger partial charge in [0, 0.05) is 24.0 Å². The predicted molar refractivity (Wildman–Crippen MR) is 89.5 cm³/mol. The first-order valence-electron chi connectivity index (χ1n) is 6.78. The Balaban J connectivity index is 1.82. The summed E-state index contributed by atoms with van der Waals surface area (Å²) < 4.78 is 2.32. The van der Waals surface area contributed by atoms with Crippen LogP contribution in [0.3, 0.4) is 0 Å². The third-order valence-corrected chi connectivity index (χ3v) is 7.26. The minimum Gasteiger partial charge on any atom is -0.337 e.